The molecule has 2 nitrogen and oxygen atoms in total. The predicted octanol–water partition coefficient (Wildman–Crippen LogP) is 6.19. The van der Waals surface area contributed by atoms with E-state index in [1.165, 1.54) is 4.70 Å². The second kappa shape index (κ2) is 5.95. The molecule has 0 fully saturated rings. The zero-order valence-electron chi connectivity index (χ0n) is 11.7. The van der Waals surface area contributed by atoms with E-state index in [9.17, 15) is 0 Å². The number of fused-ring (bicyclic) bond motifs is 1. The number of hydrogen-bond acceptors (Lipinski definition) is 3. The van der Waals surface area contributed by atoms with E-state index < -0.39 is 0 Å². The zero-order valence-corrected chi connectivity index (χ0v) is 14.8. The third-order valence-corrected chi connectivity index (χ3v) is 5.06. The molecule has 1 unspecified atom stereocenters. The highest BCUT2D eigenvalue weighted by atomic mass is 79.9. The molecule has 3 rings (SSSR count). The molecule has 0 radical (unpaired) electrons. The fourth-order valence-electron chi connectivity index (χ4n) is 2.31. The van der Waals surface area contributed by atoms with E-state index in [1.54, 1.807) is 11.3 Å². The van der Waals surface area contributed by atoms with Crippen LogP contribution in [-0.4, -0.2) is 4.98 Å². The summed E-state index contributed by atoms with van der Waals surface area (Å²) in [5.41, 5.74) is 3.22. The van der Waals surface area contributed by atoms with E-state index >= 15 is 0 Å². The van der Waals surface area contributed by atoms with Gasteiger partial charge in [-0.25, -0.2) is 4.98 Å². The maximum atomic E-state index is 6.31. The smallest absolute Gasteiger partial charge is 0.0907 e. The molecule has 21 heavy (non-hydrogen) atoms. The van der Waals surface area contributed by atoms with Crippen LogP contribution in [0.3, 0.4) is 0 Å². The van der Waals surface area contributed by atoms with Crippen LogP contribution in [0.15, 0.2) is 40.9 Å². The molecule has 0 aliphatic rings. The minimum atomic E-state index is 0.136. The van der Waals surface area contributed by atoms with Gasteiger partial charge in [-0.3, -0.25) is 0 Å². The van der Waals surface area contributed by atoms with Gasteiger partial charge in [0.25, 0.3) is 0 Å². The van der Waals surface area contributed by atoms with Crippen molar-refractivity contribution in [2.24, 2.45) is 0 Å². The van der Waals surface area contributed by atoms with E-state index in [0.29, 0.717) is 0 Å². The van der Waals surface area contributed by atoms with Crippen molar-refractivity contribution in [3.8, 4) is 0 Å². The Labute approximate surface area is 141 Å². The summed E-state index contributed by atoms with van der Waals surface area (Å²) in [5.74, 6) is 0. The summed E-state index contributed by atoms with van der Waals surface area (Å²) in [6.07, 6.45) is 0. The summed E-state index contributed by atoms with van der Waals surface area (Å²) < 4.78 is 2.19. The van der Waals surface area contributed by atoms with Crippen molar-refractivity contribution in [2.75, 3.05) is 5.32 Å². The summed E-state index contributed by atoms with van der Waals surface area (Å²) in [5, 5.41) is 5.35. The van der Waals surface area contributed by atoms with Crippen molar-refractivity contribution in [3.63, 3.8) is 0 Å². The molecule has 108 valence electrons. The number of hydrogen-bond donors (Lipinski definition) is 1. The Morgan fingerprint density at radius 2 is 2.05 bits per heavy atom. The summed E-state index contributed by atoms with van der Waals surface area (Å²) in [6, 6.07) is 12.4. The van der Waals surface area contributed by atoms with Crippen LogP contribution < -0.4 is 5.32 Å². The standard InChI is InChI=1S/C16H14BrClN2S/c1-9(13-5-3-11(17)7-14(13)18)19-12-4-6-15-16(8-12)21-10(2)20-15/h3-9,19H,1-2H3. The number of benzene rings is 2. The largest absolute Gasteiger partial charge is 0.378 e. The van der Waals surface area contributed by atoms with Gasteiger partial charge in [-0.2, -0.15) is 0 Å². The molecular weight excluding hydrogens is 368 g/mol. The number of aryl methyl sites for hydroxylation is 1. The van der Waals surface area contributed by atoms with E-state index in [-0.39, 0.29) is 6.04 Å². The number of thiazole rings is 1. The number of nitrogens with zero attached hydrogens (tertiary/aromatic N) is 1. The van der Waals surface area contributed by atoms with Crippen LogP contribution in [0.2, 0.25) is 5.02 Å². The van der Waals surface area contributed by atoms with Crippen LogP contribution in [-0.2, 0) is 0 Å². The van der Waals surface area contributed by atoms with Gasteiger partial charge in [0.1, 0.15) is 0 Å². The second-order valence-electron chi connectivity index (χ2n) is 4.95. The first-order chi connectivity index (χ1) is 10.0. The quantitative estimate of drug-likeness (QED) is 0.584. The van der Waals surface area contributed by atoms with Crippen molar-refractivity contribution >= 4 is 54.8 Å². The summed E-state index contributed by atoms with van der Waals surface area (Å²) in [4.78, 5) is 4.48. The van der Waals surface area contributed by atoms with Gasteiger partial charge < -0.3 is 5.32 Å². The highest BCUT2D eigenvalue weighted by Gasteiger charge is 2.10. The number of aromatic nitrogens is 1. The van der Waals surface area contributed by atoms with Crippen molar-refractivity contribution in [1.29, 1.82) is 0 Å². The van der Waals surface area contributed by atoms with Crippen LogP contribution in [0.5, 0.6) is 0 Å². The van der Waals surface area contributed by atoms with Crippen molar-refractivity contribution in [3.05, 3.63) is 56.5 Å². The van der Waals surface area contributed by atoms with E-state index in [0.717, 1.165) is 31.3 Å². The van der Waals surface area contributed by atoms with Crippen LogP contribution in [0.4, 0.5) is 5.69 Å². The Bertz CT molecular complexity index is 800. The Kier molecular flexibility index (Phi) is 4.20. The summed E-state index contributed by atoms with van der Waals surface area (Å²) >= 11 is 11.5. The van der Waals surface area contributed by atoms with Gasteiger partial charge in [0.05, 0.1) is 15.2 Å². The van der Waals surface area contributed by atoms with Gasteiger partial charge in [0.15, 0.2) is 0 Å². The summed E-state index contributed by atoms with van der Waals surface area (Å²) in [7, 11) is 0. The molecule has 1 aromatic heterocycles. The molecule has 0 bridgehead atoms. The second-order valence-corrected chi connectivity index (χ2v) is 7.50. The van der Waals surface area contributed by atoms with Gasteiger partial charge in [-0.1, -0.05) is 33.6 Å². The molecule has 0 aliphatic carbocycles. The zero-order chi connectivity index (χ0) is 15.0. The highest BCUT2D eigenvalue weighted by Crippen LogP contribution is 2.30. The third-order valence-electron chi connectivity index (χ3n) is 3.31. The van der Waals surface area contributed by atoms with Crippen LogP contribution >= 0.6 is 38.9 Å². The molecule has 1 heterocycles. The van der Waals surface area contributed by atoms with Gasteiger partial charge in [-0.15, -0.1) is 11.3 Å². The topological polar surface area (TPSA) is 24.9 Å². The number of nitrogens with one attached hydrogen (secondary N) is 1. The predicted molar refractivity (Wildman–Crippen MR) is 95.5 cm³/mol. The Balaban J connectivity index is 1.86. The van der Waals surface area contributed by atoms with Crippen LogP contribution in [0.25, 0.3) is 10.2 Å². The van der Waals surface area contributed by atoms with Gasteiger partial charge >= 0.3 is 0 Å². The SMILES string of the molecule is Cc1nc2ccc(NC(C)c3ccc(Br)cc3Cl)cc2s1. The average Bonchev–Trinajstić information content (AvgIpc) is 2.77. The molecule has 0 amide bonds. The molecule has 1 N–H and O–H groups in total. The Morgan fingerprint density at radius 1 is 1.24 bits per heavy atom. The lowest BCUT2D eigenvalue weighted by Gasteiger charge is -2.17. The molecule has 2 aromatic carbocycles. The van der Waals surface area contributed by atoms with Gasteiger partial charge in [0, 0.05) is 21.2 Å². The lowest BCUT2D eigenvalue weighted by molar-refractivity contribution is 0.885. The maximum absolute atomic E-state index is 6.31. The number of rotatable bonds is 3. The van der Waals surface area contributed by atoms with E-state index in [1.807, 2.05) is 25.1 Å². The lowest BCUT2D eigenvalue weighted by Crippen LogP contribution is -2.07. The minimum Gasteiger partial charge on any atom is -0.378 e. The molecule has 3 aromatic rings. The molecule has 0 saturated carbocycles. The van der Waals surface area contributed by atoms with Crippen molar-refractivity contribution < 1.29 is 0 Å². The first-order valence-electron chi connectivity index (χ1n) is 6.61. The molecular formula is C16H14BrClN2S. The number of halogens is 2. The first-order valence-corrected chi connectivity index (χ1v) is 8.60. The van der Waals surface area contributed by atoms with Crippen LogP contribution in [0, 0.1) is 6.92 Å². The molecule has 1 atom stereocenters. The van der Waals surface area contributed by atoms with Crippen molar-refractivity contribution in [1.82, 2.24) is 4.98 Å². The van der Waals surface area contributed by atoms with Gasteiger partial charge in [-0.05, 0) is 49.7 Å². The molecule has 5 heteroatoms. The number of anilines is 1. The fraction of sp³-hybridized carbons (Fsp3) is 0.188. The Hall–Kier alpha value is -1.10. The normalized spacial score (nSPS) is 12.6. The first kappa shape index (κ1) is 14.8. The van der Waals surface area contributed by atoms with Crippen molar-refractivity contribution in [2.45, 2.75) is 19.9 Å². The van der Waals surface area contributed by atoms with E-state index in [2.05, 4.69) is 51.4 Å². The van der Waals surface area contributed by atoms with Crippen LogP contribution in [0.1, 0.15) is 23.5 Å². The minimum absolute atomic E-state index is 0.136. The molecule has 0 saturated heterocycles. The lowest BCUT2D eigenvalue weighted by atomic mass is 10.1. The average molecular weight is 382 g/mol. The van der Waals surface area contributed by atoms with Gasteiger partial charge in [0.2, 0.25) is 0 Å². The molecule has 0 spiro atoms. The summed E-state index contributed by atoms with van der Waals surface area (Å²) in [6.45, 7) is 4.14. The third kappa shape index (κ3) is 3.23. The monoisotopic (exact) mass is 380 g/mol. The highest BCUT2D eigenvalue weighted by molar-refractivity contribution is 9.10. The molecule has 0 aliphatic heterocycles. The fourth-order valence-corrected chi connectivity index (χ4v) is 4.01. The van der Waals surface area contributed by atoms with E-state index in [4.69, 9.17) is 11.6 Å². The Morgan fingerprint density at radius 3 is 2.81 bits per heavy atom. The maximum Gasteiger partial charge on any atom is 0.0907 e.